The minimum Gasteiger partial charge on any atom is -0.497 e. The largest absolute Gasteiger partial charge is 0.497 e. The van der Waals surface area contributed by atoms with E-state index in [-0.39, 0.29) is 5.91 Å². The van der Waals surface area contributed by atoms with Gasteiger partial charge in [0.2, 0.25) is 5.16 Å². The lowest BCUT2D eigenvalue weighted by atomic mass is 10.2. The Morgan fingerprint density at radius 1 is 1.07 bits per heavy atom. The van der Waals surface area contributed by atoms with E-state index in [1.807, 2.05) is 12.1 Å². The summed E-state index contributed by atoms with van der Waals surface area (Å²) in [5.41, 5.74) is 5.99. The SMILES string of the molecule is COc1ccc(-n2nnnc2S[C@H](C)C(=O)NNC(=O)c2ccccc2)cc1. The zero-order valence-electron chi connectivity index (χ0n) is 15.2. The van der Waals surface area contributed by atoms with Crippen LogP contribution in [0, 0.1) is 0 Å². The number of aromatic nitrogens is 4. The Hall–Kier alpha value is -3.40. The molecule has 0 aliphatic rings. The highest BCUT2D eigenvalue weighted by atomic mass is 32.2. The molecule has 0 radical (unpaired) electrons. The van der Waals surface area contributed by atoms with Crippen LogP contribution in [-0.2, 0) is 4.79 Å². The summed E-state index contributed by atoms with van der Waals surface area (Å²) in [6.07, 6.45) is 0. The zero-order chi connectivity index (χ0) is 19.9. The van der Waals surface area contributed by atoms with Gasteiger partial charge in [0.25, 0.3) is 11.8 Å². The third-order valence-corrected chi connectivity index (χ3v) is 4.78. The molecule has 9 nitrogen and oxygen atoms in total. The minimum absolute atomic E-state index is 0.376. The Morgan fingerprint density at radius 2 is 1.79 bits per heavy atom. The molecule has 0 aliphatic heterocycles. The van der Waals surface area contributed by atoms with Crippen LogP contribution >= 0.6 is 11.8 Å². The van der Waals surface area contributed by atoms with Gasteiger partial charge in [0.05, 0.1) is 18.0 Å². The smallest absolute Gasteiger partial charge is 0.269 e. The van der Waals surface area contributed by atoms with Gasteiger partial charge >= 0.3 is 0 Å². The fourth-order valence-corrected chi connectivity index (χ4v) is 3.04. The first kappa shape index (κ1) is 19.4. The van der Waals surface area contributed by atoms with Crippen molar-refractivity contribution >= 4 is 23.6 Å². The van der Waals surface area contributed by atoms with Gasteiger partial charge in [-0.1, -0.05) is 30.0 Å². The summed E-state index contributed by atoms with van der Waals surface area (Å²) in [5.74, 6) is -0.0549. The summed E-state index contributed by atoms with van der Waals surface area (Å²) in [6.45, 7) is 1.70. The van der Waals surface area contributed by atoms with Gasteiger partial charge in [-0.3, -0.25) is 20.4 Å². The number of tetrazole rings is 1. The number of hydrogen-bond acceptors (Lipinski definition) is 7. The molecule has 1 aromatic heterocycles. The zero-order valence-corrected chi connectivity index (χ0v) is 16.0. The number of carbonyl (C=O) groups excluding carboxylic acids is 2. The topological polar surface area (TPSA) is 111 Å². The molecule has 28 heavy (non-hydrogen) atoms. The summed E-state index contributed by atoms with van der Waals surface area (Å²) in [7, 11) is 1.59. The number of rotatable bonds is 6. The molecule has 0 bridgehead atoms. The van der Waals surface area contributed by atoms with E-state index < -0.39 is 11.2 Å². The van der Waals surface area contributed by atoms with Crippen molar-refractivity contribution in [2.24, 2.45) is 0 Å². The molecule has 0 saturated carbocycles. The first-order valence-corrected chi connectivity index (χ1v) is 9.21. The highest BCUT2D eigenvalue weighted by Crippen LogP contribution is 2.23. The van der Waals surface area contributed by atoms with Crippen molar-refractivity contribution in [2.75, 3.05) is 7.11 Å². The van der Waals surface area contributed by atoms with Crippen LogP contribution in [0.15, 0.2) is 59.8 Å². The summed E-state index contributed by atoms with van der Waals surface area (Å²) >= 11 is 1.17. The first-order chi connectivity index (χ1) is 13.6. The van der Waals surface area contributed by atoms with Crippen LogP contribution in [0.3, 0.4) is 0 Å². The normalized spacial score (nSPS) is 11.5. The number of nitrogens with one attached hydrogen (secondary N) is 2. The molecule has 1 heterocycles. The van der Waals surface area contributed by atoms with Crippen molar-refractivity contribution in [1.82, 2.24) is 31.1 Å². The molecule has 3 aromatic rings. The van der Waals surface area contributed by atoms with Gasteiger partial charge in [0, 0.05) is 5.56 Å². The number of amides is 2. The summed E-state index contributed by atoms with van der Waals surface area (Å²) < 4.78 is 6.66. The Morgan fingerprint density at radius 3 is 2.46 bits per heavy atom. The minimum atomic E-state index is -0.543. The van der Waals surface area contributed by atoms with Crippen LogP contribution in [0.1, 0.15) is 17.3 Å². The fraction of sp³-hybridized carbons (Fsp3) is 0.167. The number of ether oxygens (including phenoxy) is 1. The molecule has 0 aliphatic carbocycles. The molecule has 0 unspecified atom stereocenters. The van der Waals surface area contributed by atoms with E-state index in [1.165, 1.54) is 16.4 Å². The number of nitrogens with zero attached hydrogens (tertiary/aromatic N) is 4. The van der Waals surface area contributed by atoms with Crippen LogP contribution < -0.4 is 15.6 Å². The second kappa shape index (κ2) is 9.00. The lowest BCUT2D eigenvalue weighted by Gasteiger charge is -2.12. The number of carbonyl (C=O) groups is 2. The third kappa shape index (κ3) is 4.65. The van der Waals surface area contributed by atoms with Crippen LogP contribution in [-0.4, -0.2) is 44.4 Å². The van der Waals surface area contributed by atoms with E-state index in [4.69, 9.17) is 4.74 Å². The maximum atomic E-state index is 12.3. The van der Waals surface area contributed by atoms with E-state index in [9.17, 15) is 9.59 Å². The Kier molecular flexibility index (Phi) is 6.22. The van der Waals surface area contributed by atoms with E-state index in [0.29, 0.717) is 16.5 Å². The third-order valence-electron chi connectivity index (χ3n) is 3.74. The van der Waals surface area contributed by atoms with Crippen LogP contribution in [0.4, 0.5) is 0 Å². The Labute approximate surface area is 165 Å². The van der Waals surface area contributed by atoms with Gasteiger partial charge in [0.15, 0.2) is 0 Å². The summed E-state index contributed by atoms with van der Waals surface area (Å²) in [6, 6.07) is 15.8. The maximum Gasteiger partial charge on any atom is 0.269 e. The van der Waals surface area contributed by atoms with Crippen molar-refractivity contribution in [2.45, 2.75) is 17.3 Å². The van der Waals surface area contributed by atoms with Crippen LogP contribution in [0.25, 0.3) is 5.69 Å². The first-order valence-electron chi connectivity index (χ1n) is 8.33. The quantitative estimate of drug-likeness (QED) is 0.479. The number of thioether (sulfide) groups is 1. The van der Waals surface area contributed by atoms with Crippen molar-refractivity contribution in [3.05, 3.63) is 60.2 Å². The molecular weight excluding hydrogens is 380 g/mol. The molecule has 2 aromatic carbocycles. The summed E-state index contributed by atoms with van der Waals surface area (Å²) in [4.78, 5) is 24.3. The summed E-state index contributed by atoms with van der Waals surface area (Å²) in [5, 5.41) is 11.5. The maximum absolute atomic E-state index is 12.3. The van der Waals surface area contributed by atoms with Crippen molar-refractivity contribution in [1.29, 1.82) is 0 Å². The lowest BCUT2D eigenvalue weighted by Crippen LogP contribution is -2.44. The molecule has 10 heteroatoms. The predicted molar refractivity (Wildman–Crippen MR) is 103 cm³/mol. The van der Waals surface area contributed by atoms with E-state index in [0.717, 1.165) is 5.69 Å². The van der Waals surface area contributed by atoms with Crippen LogP contribution in [0.5, 0.6) is 5.75 Å². The highest BCUT2D eigenvalue weighted by molar-refractivity contribution is 8.00. The number of hydrogen-bond donors (Lipinski definition) is 2. The van der Waals surface area contributed by atoms with Gasteiger partial charge in [-0.2, -0.15) is 4.68 Å². The van der Waals surface area contributed by atoms with Crippen LogP contribution in [0.2, 0.25) is 0 Å². The Balaban J connectivity index is 1.60. The van der Waals surface area contributed by atoms with E-state index >= 15 is 0 Å². The van der Waals surface area contributed by atoms with Gasteiger partial charge < -0.3 is 4.74 Å². The highest BCUT2D eigenvalue weighted by Gasteiger charge is 2.20. The second-order valence-electron chi connectivity index (χ2n) is 5.64. The van der Waals surface area contributed by atoms with Gasteiger partial charge in [0.1, 0.15) is 5.75 Å². The molecule has 0 saturated heterocycles. The molecule has 2 N–H and O–H groups in total. The predicted octanol–water partition coefficient (Wildman–Crippen LogP) is 1.61. The molecule has 3 rings (SSSR count). The lowest BCUT2D eigenvalue weighted by molar-refractivity contribution is -0.121. The molecule has 2 amide bonds. The molecule has 0 spiro atoms. The standard InChI is InChI=1S/C18H18N6O3S/c1-12(16(25)19-20-17(26)13-6-4-3-5-7-13)28-18-21-22-23-24(18)14-8-10-15(27-2)11-9-14/h3-12H,1-2H3,(H,19,25)(H,20,26)/t12-/m1/s1. The van der Waals surface area contributed by atoms with Gasteiger partial charge in [-0.15, -0.1) is 5.10 Å². The fourth-order valence-electron chi connectivity index (χ4n) is 2.23. The number of benzene rings is 2. The number of methoxy groups -OCH3 is 1. The van der Waals surface area contributed by atoms with Gasteiger partial charge in [-0.25, -0.2) is 0 Å². The average molecular weight is 398 g/mol. The molecule has 1 atom stereocenters. The van der Waals surface area contributed by atoms with E-state index in [1.54, 1.807) is 56.5 Å². The van der Waals surface area contributed by atoms with Crippen molar-refractivity contribution in [3.8, 4) is 11.4 Å². The van der Waals surface area contributed by atoms with Gasteiger partial charge in [-0.05, 0) is 53.7 Å². The molecule has 0 fully saturated rings. The Bertz CT molecular complexity index is 945. The second-order valence-corrected chi connectivity index (χ2v) is 6.95. The molecule has 144 valence electrons. The molecular formula is C18H18N6O3S. The van der Waals surface area contributed by atoms with Crippen molar-refractivity contribution in [3.63, 3.8) is 0 Å². The monoisotopic (exact) mass is 398 g/mol. The van der Waals surface area contributed by atoms with Crippen molar-refractivity contribution < 1.29 is 14.3 Å². The van der Waals surface area contributed by atoms with E-state index in [2.05, 4.69) is 26.4 Å². The average Bonchev–Trinajstić information content (AvgIpc) is 3.20. The number of hydrazine groups is 1.